The molecule has 17 heavy (non-hydrogen) atoms. The van der Waals surface area contributed by atoms with Crippen LogP contribution >= 0.6 is 15.9 Å². The number of hydrogen-bond donors (Lipinski definition) is 1. The standard InChI is InChI=1S/C13H18BrNO2/c14-12-3-1-2-4-13(12)17-10-9-15-7-5-11(16)6-8-15/h1-4,11,16H,5-10H2. The molecule has 1 saturated heterocycles. The second-order valence-electron chi connectivity index (χ2n) is 4.35. The lowest BCUT2D eigenvalue weighted by atomic mass is 10.1. The zero-order valence-corrected chi connectivity index (χ0v) is 11.4. The number of likely N-dealkylation sites (tertiary alicyclic amines) is 1. The number of hydrogen-bond acceptors (Lipinski definition) is 3. The lowest BCUT2D eigenvalue weighted by Crippen LogP contribution is -2.38. The van der Waals surface area contributed by atoms with E-state index in [0.717, 1.165) is 42.7 Å². The first kappa shape index (κ1) is 12.9. The van der Waals surface area contributed by atoms with Crippen molar-refractivity contribution in [2.24, 2.45) is 0 Å². The summed E-state index contributed by atoms with van der Waals surface area (Å²) in [5.41, 5.74) is 0. The number of halogens is 1. The lowest BCUT2D eigenvalue weighted by molar-refractivity contribution is 0.0754. The minimum absolute atomic E-state index is 0.101. The van der Waals surface area contributed by atoms with Crippen LogP contribution in [-0.4, -0.2) is 42.4 Å². The van der Waals surface area contributed by atoms with E-state index in [0.29, 0.717) is 6.61 Å². The summed E-state index contributed by atoms with van der Waals surface area (Å²) in [5.74, 6) is 0.893. The van der Waals surface area contributed by atoms with E-state index in [2.05, 4.69) is 20.8 Å². The molecule has 3 nitrogen and oxygen atoms in total. The number of piperidine rings is 1. The molecule has 0 aliphatic carbocycles. The first-order valence-electron chi connectivity index (χ1n) is 6.03. The zero-order chi connectivity index (χ0) is 12.1. The summed E-state index contributed by atoms with van der Waals surface area (Å²) in [6.45, 7) is 3.56. The number of para-hydroxylation sites is 1. The molecule has 0 aromatic heterocycles. The van der Waals surface area contributed by atoms with Crippen LogP contribution in [0.5, 0.6) is 5.75 Å². The number of nitrogens with zero attached hydrogens (tertiary/aromatic N) is 1. The van der Waals surface area contributed by atoms with Gasteiger partial charge in [-0.3, -0.25) is 4.90 Å². The van der Waals surface area contributed by atoms with Gasteiger partial charge in [0.15, 0.2) is 0 Å². The van der Waals surface area contributed by atoms with E-state index in [1.165, 1.54) is 0 Å². The normalized spacial score (nSPS) is 18.2. The van der Waals surface area contributed by atoms with Gasteiger partial charge in [-0.1, -0.05) is 12.1 Å². The van der Waals surface area contributed by atoms with E-state index in [9.17, 15) is 5.11 Å². The smallest absolute Gasteiger partial charge is 0.133 e. The van der Waals surface area contributed by atoms with Gasteiger partial charge in [0, 0.05) is 19.6 Å². The van der Waals surface area contributed by atoms with Crippen LogP contribution in [0.3, 0.4) is 0 Å². The van der Waals surface area contributed by atoms with Gasteiger partial charge >= 0.3 is 0 Å². The van der Waals surface area contributed by atoms with Crippen molar-refractivity contribution in [2.75, 3.05) is 26.2 Å². The van der Waals surface area contributed by atoms with Crippen LogP contribution in [0.2, 0.25) is 0 Å². The average molecular weight is 300 g/mol. The molecule has 0 saturated carbocycles. The maximum absolute atomic E-state index is 9.40. The van der Waals surface area contributed by atoms with Crippen molar-refractivity contribution >= 4 is 15.9 Å². The fourth-order valence-corrected chi connectivity index (χ4v) is 2.39. The lowest BCUT2D eigenvalue weighted by Gasteiger charge is -2.29. The number of benzene rings is 1. The monoisotopic (exact) mass is 299 g/mol. The molecule has 0 bridgehead atoms. The summed E-state index contributed by atoms with van der Waals surface area (Å²) >= 11 is 3.46. The third-order valence-corrected chi connectivity index (χ3v) is 3.71. The number of aliphatic hydroxyl groups is 1. The SMILES string of the molecule is OC1CCN(CCOc2ccccc2Br)CC1. The highest BCUT2D eigenvalue weighted by atomic mass is 79.9. The predicted octanol–water partition coefficient (Wildman–Crippen LogP) is 2.28. The Labute approximate surface area is 111 Å². The van der Waals surface area contributed by atoms with E-state index in [1.54, 1.807) is 0 Å². The van der Waals surface area contributed by atoms with Crippen molar-refractivity contribution in [3.05, 3.63) is 28.7 Å². The number of aliphatic hydroxyl groups excluding tert-OH is 1. The summed E-state index contributed by atoms with van der Waals surface area (Å²) in [6.07, 6.45) is 1.67. The summed E-state index contributed by atoms with van der Waals surface area (Å²) in [4.78, 5) is 2.34. The van der Waals surface area contributed by atoms with Gasteiger partial charge in [0.1, 0.15) is 12.4 Å². The van der Waals surface area contributed by atoms with E-state index in [-0.39, 0.29) is 6.10 Å². The average Bonchev–Trinajstić information content (AvgIpc) is 2.34. The summed E-state index contributed by atoms with van der Waals surface area (Å²) < 4.78 is 6.71. The molecule has 1 aromatic carbocycles. The van der Waals surface area contributed by atoms with Gasteiger partial charge in [0.05, 0.1) is 10.6 Å². The maximum Gasteiger partial charge on any atom is 0.133 e. The second-order valence-corrected chi connectivity index (χ2v) is 5.21. The Kier molecular flexibility index (Phi) is 4.83. The van der Waals surface area contributed by atoms with E-state index >= 15 is 0 Å². The molecule has 2 rings (SSSR count). The molecule has 0 spiro atoms. The quantitative estimate of drug-likeness (QED) is 0.926. The predicted molar refractivity (Wildman–Crippen MR) is 71.3 cm³/mol. The fourth-order valence-electron chi connectivity index (χ4n) is 1.99. The van der Waals surface area contributed by atoms with Crippen LogP contribution in [0, 0.1) is 0 Å². The van der Waals surface area contributed by atoms with Crippen molar-refractivity contribution in [1.29, 1.82) is 0 Å². The summed E-state index contributed by atoms with van der Waals surface area (Å²) in [5, 5.41) is 9.40. The minimum atomic E-state index is -0.101. The van der Waals surface area contributed by atoms with Crippen LogP contribution < -0.4 is 4.74 Å². The van der Waals surface area contributed by atoms with Gasteiger partial charge in [-0.05, 0) is 40.9 Å². The van der Waals surface area contributed by atoms with Gasteiger partial charge < -0.3 is 9.84 Å². The molecule has 1 aliphatic heterocycles. The molecule has 1 fully saturated rings. The molecule has 0 unspecified atom stereocenters. The van der Waals surface area contributed by atoms with E-state index < -0.39 is 0 Å². The van der Waals surface area contributed by atoms with Gasteiger partial charge in [0.25, 0.3) is 0 Å². The van der Waals surface area contributed by atoms with Gasteiger partial charge in [0.2, 0.25) is 0 Å². The third-order valence-electron chi connectivity index (χ3n) is 3.06. The molecule has 0 amide bonds. The zero-order valence-electron chi connectivity index (χ0n) is 9.81. The molecule has 4 heteroatoms. The number of rotatable bonds is 4. The molecule has 0 atom stereocenters. The Bertz CT molecular complexity index is 351. The molecule has 94 valence electrons. The van der Waals surface area contributed by atoms with Crippen LogP contribution in [0.1, 0.15) is 12.8 Å². The molecular formula is C13H18BrNO2. The molecular weight excluding hydrogens is 282 g/mol. The van der Waals surface area contributed by atoms with Gasteiger partial charge in [-0.15, -0.1) is 0 Å². The van der Waals surface area contributed by atoms with Crippen molar-refractivity contribution < 1.29 is 9.84 Å². The van der Waals surface area contributed by atoms with Crippen molar-refractivity contribution in [1.82, 2.24) is 4.90 Å². The minimum Gasteiger partial charge on any atom is -0.491 e. The largest absolute Gasteiger partial charge is 0.491 e. The van der Waals surface area contributed by atoms with E-state index in [1.807, 2.05) is 24.3 Å². The van der Waals surface area contributed by atoms with Gasteiger partial charge in [-0.25, -0.2) is 0 Å². The second kappa shape index (κ2) is 6.38. The maximum atomic E-state index is 9.40. The Morgan fingerprint density at radius 2 is 2.00 bits per heavy atom. The third kappa shape index (κ3) is 3.98. The van der Waals surface area contributed by atoms with Crippen LogP contribution in [0.4, 0.5) is 0 Å². The molecule has 1 heterocycles. The highest BCUT2D eigenvalue weighted by Gasteiger charge is 2.16. The van der Waals surface area contributed by atoms with Gasteiger partial charge in [-0.2, -0.15) is 0 Å². The highest BCUT2D eigenvalue weighted by molar-refractivity contribution is 9.10. The fraction of sp³-hybridized carbons (Fsp3) is 0.538. The Hall–Kier alpha value is -0.580. The summed E-state index contributed by atoms with van der Waals surface area (Å²) in [6, 6.07) is 7.89. The van der Waals surface area contributed by atoms with Crippen LogP contribution in [-0.2, 0) is 0 Å². The first-order chi connectivity index (χ1) is 8.25. The van der Waals surface area contributed by atoms with Crippen molar-refractivity contribution in [3.8, 4) is 5.75 Å². The Morgan fingerprint density at radius 1 is 1.29 bits per heavy atom. The van der Waals surface area contributed by atoms with Crippen molar-refractivity contribution in [2.45, 2.75) is 18.9 Å². The molecule has 1 aromatic rings. The molecule has 1 aliphatic rings. The Morgan fingerprint density at radius 3 is 2.71 bits per heavy atom. The summed E-state index contributed by atoms with van der Waals surface area (Å²) in [7, 11) is 0. The number of ether oxygens (including phenoxy) is 1. The first-order valence-corrected chi connectivity index (χ1v) is 6.83. The van der Waals surface area contributed by atoms with Crippen LogP contribution in [0.25, 0.3) is 0 Å². The van der Waals surface area contributed by atoms with E-state index in [4.69, 9.17) is 4.74 Å². The van der Waals surface area contributed by atoms with Crippen molar-refractivity contribution in [3.63, 3.8) is 0 Å². The highest BCUT2D eigenvalue weighted by Crippen LogP contribution is 2.23. The molecule has 0 radical (unpaired) electrons. The topological polar surface area (TPSA) is 32.7 Å². The molecule has 1 N–H and O–H groups in total. The van der Waals surface area contributed by atoms with Crippen LogP contribution in [0.15, 0.2) is 28.7 Å². The Balaban J connectivity index is 1.71.